The Labute approximate surface area is 141 Å². The molecule has 1 aliphatic heterocycles. The van der Waals surface area contributed by atoms with Gasteiger partial charge in [-0.05, 0) is 30.7 Å². The van der Waals surface area contributed by atoms with Crippen LogP contribution in [-0.2, 0) is 9.59 Å². The average molecular weight is 320 g/mol. The lowest BCUT2D eigenvalue weighted by Gasteiger charge is -2.17. The molecule has 122 valence electrons. The Bertz CT molecular complexity index is 751. The van der Waals surface area contributed by atoms with Crippen LogP contribution >= 0.6 is 0 Å². The predicted molar refractivity (Wildman–Crippen MR) is 95.6 cm³/mol. The van der Waals surface area contributed by atoms with Crippen molar-refractivity contribution in [3.63, 3.8) is 0 Å². The molecule has 0 radical (unpaired) electrons. The summed E-state index contributed by atoms with van der Waals surface area (Å²) < 4.78 is 0. The summed E-state index contributed by atoms with van der Waals surface area (Å²) in [5, 5.41) is 2.90. The second-order valence-corrected chi connectivity index (χ2v) is 5.99. The quantitative estimate of drug-likeness (QED) is 0.881. The van der Waals surface area contributed by atoms with Crippen LogP contribution in [0.1, 0.15) is 17.5 Å². The van der Waals surface area contributed by atoms with E-state index in [4.69, 9.17) is 0 Å². The molecule has 4 nitrogen and oxygen atoms in total. The first kappa shape index (κ1) is 16.0. The van der Waals surface area contributed by atoms with Crippen LogP contribution in [-0.4, -0.2) is 24.4 Å². The average Bonchev–Trinajstić information content (AvgIpc) is 2.95. The Balaban J connectivity index is 1.59. The van der Waals surface area contributed by atoms with Crippen molar-refractivity contribution in [1.82, 2.24) is 5.32 Å². The largest absolute Gasteiger partial charge is 0.347 e. The third-order valence-electron chi connectivity index (χ3n) is 4.04. The summed E-state index contributed by atoms with van der Waals surface area (Å²) in [4.78, 5) is 26.0. The number of amides is 2. The van der Waals surface area contributed by atoms with Crippen LogP contribution < -0.4 is 10.2 Å². The number of hydrogen-bond donors (Lipinski definition) is 1. The lowest BCUT2D eigenvalue weighted by Crippen LogP contribution is -2.36. The third-order valence-corrected chi connectivity index (χ3v) is 4.04. The fourth-order valence-electron chi connectivity index (χ4n) is 2.76. The van der Waals surface area contributed by atoms with Crippen molar-refractivity contribution in [2.24, 2.45) is 0 Å². The summed E-state index contributed by atoms with van der Waals surface area (Å²) in [5.41, 5.74) is 3.00. The highest BCUT2D eigenvalue weighted by molar-refractivity contribution is 5.98. The zero-order valence-corrected chi connectivity index (χ0v) is 13.6. The Hall–Kier alpha value is -2.88. The summed E-state index contributed by atoms with van der Waals surface area (Å²) in [6.07, 6.45) is 3.61. The Morgan fingerprint density at radius 1 is 1.12 bits per heavy atom. The number of benzene rings is 2. The van der Waals surface area contributed by atoms with E-state index < -0.39 is 0 Å². The van der Waals surface area contributed by atoms with E-state index in [1.54, 1.807) is 11.0 Å². The van der Waals surface area contributed by atoms with E-state index >= 15 is 0 Å². The highest BCUT2D eigenvalue weighted by atomic mass is 16.2. The summed E-state index contributed by atoms with van der Waals surface area (Å²) in [7, 11) is 0. The number of carbonyl (C=O) groups excluding carboxylic acids is 2. The van der Waals surface area contributed by atoms with Crippen LogP contribution in [0.3, 0.4) is 0 Å². The molecule has 0 bridgehead atoms. The Morgan fingerprint density at radius 2 is 1.83 bits per heavy atom. The second kappa shape index (κ2) is 7.13. The standard InChI is InChI=1S/C20H20N2O2/c1-15-7-10-18(11-8-15)22-14-17(13-20(22)24)21-19(23)12-9-16-5-3-2-4-6-16/h2-12,17H,13-14H2,1H3,(H,21,23)/b12-9-. The Kier molecular flexibility index (Phi) is 4.75. The van der Waals surface area contributed by atoms with Gasteiger partial charge in [0.05, 0.1) is 6.04 Å². The van der Waals surface area contributed by atoms with Crippen LogP contribution in [0.15, 0.2) is 60.7 Å². The molecule has 1 unspecified atom stereocenters. The maximum atomic E-state index is 12.2. The molecule has 0 spiro atoms. The van der Waals surface area contributed by atoms with Crippen LogP contribution in [0, 0.1) is 6.92 Å². The monoisotopic (exact) mass is 320 g/mol. The van der Waals surface area contributed by atoms with Crippen molar-refractivity contribution in [2.45, 2.75) is 19.4 Å². The van der Waals surface area contributed by atoms with Crippen molar-refractivity contribution in [3.8, 4) is 0 Å². The first-order valence-corrected chi connectivity index (χ1v) is 8.02. The number of carbonyl (C=O) groups is 2. The number of anilines is 1. The third kappa shape index (κ3) is 3.90. The van der Waals surface area contributed by atoms with Crippen LogP contribution in [0.5, 0.6) is 0 Å². The van der Waals surface area contributed by atoms with E-state index in [9.17, 15) is 9.59 Å². The summed E-state index contributed by atoms with van der Waals surface area (Å²) in [5.74, 6) is -0.140. The lowest BCUT2D eigenvalue weighted by molar-refractivity contribution is -0.117. The molecule has 1 saturated heterocycles. The fourth-order valence-corrected chi connectivity index (χ4v) is 2.76. The molecule has 0 saturated carbocycles. The first-order valence-electron chi connectivity index (χ1n) is 8.02. The Morgan fingerprint density at radius 3 is 2.54 bits per heavy atom. The molecular weight excluding hydrogens is 300 g/mol. The van der Waals surface area contributed by atoms with Gasteiger partial charge in [0, 0.05) is 24.7 Å². The maximum absolute atomic E-state index is 12.2. The van der Waals surface area contributed by atoms with Crippen molar-refractivity contribution in [2.75, 3.05) is 11.4 Å². The van der Waals surface area contributed by atoms with Crippen LogP contribution in [0.4, 0.5) is 5.69 Å². The summed E-state index contributed by atoms with van der Waals surface area (Å²) >= 11 is 0. The number of aryl methyl sites for hydroxylation is 1. The molecule has 1 aliphatic rings. The highest BCUT2D eigenvalue weighted by Crippen LogP contribution is 2.21. The summed E-state index contributed by atoms with van der Waals surface area (Å²) in [6.45, 7) is 2.52. The van der Waals surface area contributed by atoms with Crippen LogP contribution in [0.2, 0.25) is 0 Å². The van der Waals surface area contributed by atoms with Gasteiger partial charge in [-0.2, -0.15) is 0 Å². The minimum absolute atomic E-state index is 0.0381. The smallest absolute Gasteiger partial charge is 0.244 e. The molecule has 2 aromatic carbocycles. The van der Waals surface area contributed by atoms with E-state index in [0.29, 0.717) is 13.0 Å². The van der Waals surface area contributed by atoms with E-state index in [-0.39, 0.29) is 17.9 Å². The predicted octanol–water partition coefficient (Wildman–Crippen LogP) is 2.93. The van der Waals surface area contributed by atoms with E-state index in [2.05, 4.69) is 5.32 Å². The van der Waals surface area contributed by atoms with Crippen molar-refractivity contribution >= 4 is 23.6 Å². The van der Waals surface area contributed by atoms with Gasteiger partial charge in [0.1, 0.15) is 0 Å². The number of nitrogens with one attached hydrogen (secondary N) is 1. The van der Waals surface area contributed by atoms with Crippen LogP contribution in [0.25, 0.3) is 6.08 Å². The molecule has 1 heterocycles. The van der Waals surface area contributed by atoms with Gasteiger partial charge in [-0.25, -0.2) is 0 Å². The number of nitrogens with zero attached hydrogens (tertiary/aromatic N) is 1. The molecule has 1 fully saturated rings. The minimum Gasteiger partial charge on any atom is -0.347 e. The van der Waals surface area contributed by atoms with E-state index in [1.165, 1.54) is 6.08 Å². The molecule has 1 atom stereocenters. The molecule has 3 rings (SSSR count). The fraction of sp³-hybridized carbons (Fsp3) is 0.200. The highest BCUT2D eigenvalue weighted by Gasteiger charge is 2.31. The van der Waals surface area contributed by atoms with Crippen molar-refractivity contribution in [3.05, 3.63) is 71.8 Å². The molecule has 24 heavy (non-hydrogen) atoms. The second-order valence-electron chi connectivity index (χ2n) is 5.99. The molecule has 2 aromatic rings. The SMILES string of the molecule is Cc1ccc(N2CC(NC(=O)/C=C\c3ccccc3)CC2=O)cc1. The molecule has 0 aliphatic carbocycles. The number of hydrogen-bond acceptors (Lipinski definition) is 2. The van der Waals surface area contributed by atoms with Gasteiger partial charge in [0.15, 0.2) is 0 Å². The van der Waals surface area contributed by atoms with Gasteiger partial charge in [-0.1, -0.05) is 48.0 Å². The first-order chi connectivity index (χ1) is 11.6. The van der Waals surface area contributed by atoms with E-state index in [0.717, 1.165) is 16.8 Å². The van der Waals surface area contributed by atoms with Crippen molar-refractivity contribution in [1.29, 1.82) is 0 Å². The molecular formula is C20H20N2O2. The van der Waals surface area contributed by atoms with E-state index in [1.807, 2.05) is 61.5 Å². The minimum atomic E-state index is -0.178. The van der Waals surface area contributed by atoms with Gasteiger partial charge in [-0.15, -0.1) is 0 Å². The molecule has 1 N–H and O–H groups in total. The molecule has 0 aromatic heterocycles. The van der Waals surface area contributed by atoms with Gasteiger partial charge in [-0.3, -0.25) is 9.59 Å². The lowest BCUT2D eigenvalue weighted by atomic mass is 10.2. The van der Waals surface area contributed by atoms with Crippen molar-refractivity contribution < 1.29 is 9.59 Å². The van der Waals surface area contributed by atoms with Gasteiger partial charge in [0.25, 0.3) is 0 Å². The van der Waals surface area contributed by atoms with Gasteiger partial charge < -0.3 is 10.2 Å². The summed E-state index contributed by atoms with van der Waals surface area (Å²) in [6, 6.07) is 17.3. The van der Waals surface area contributed by atoms with Gasteiger partial charge >= 0.3 is 0 Å². The van der Waals surface area contributed by atoms with Gasteiger partial charge in [0.2, 0.25) is 11.8 Å². The normalized spacial score (nSPS) is 17.5. The zero-order valence-electron chi connectivity index (χ0n) is 13.6. The molecule has 2 amide bonds. The topological polar surface area (TPSA) is 49.4 Å². The number of rotatable bonds is 4. The molecule has 4 heteroatoms. The maximum Gasteiger partial charge on any atom is 0.244 e. The zero-order chi connectivity index (χ0) is 16.9.